The highest BCUT2D eigenvalue weighted by atomic mass is 35.5. The average Bonchev–Trinajstić information content (AvgIpc) is 3.27. The van der Waals surface area contributed by atoms with Crippen molar-refractivity contribution in [2.45, 2.75) is 31.6 Å². The zero-order valence-corrected chi connectivity index (χ0v) is 20.3. The van der Waals surface area contributed by atoms with E-state index < -0.39 is 0 Å². The minimum Gasteiger partial charge on any atom is -0.486 e. The lowest BCUT2D eigenvalue weighted by atomic mass is 9.96. The average molecular weight is 495 g/mol. The number of fused-ring (bicyclic) bond motifs is 2. The maximum Gasteiger partial charge on any atom is 0.236 e. The second-order valence-electron chi connectivity index (χ2n) is 9.17. The Kier molecular flexibility index (Phi) is 5.92. The third kappa shape index (κ3) is 4.29. The number of β-amino-alcohol motifs (C(OH)–C–C–N with tert-alkyl or cyclic N) is 1. The summed E-state index contributed by atoms with van der Waals surface area (Å²) < 4.78 is 23.4. The molecule has 1 N–H and O–H groups in total. The van der Waals surface area contributed by atoms with Gasteiger partial charge in [0, 0.05) is 25.2 Å². The van der Waals surface area contributed by atoms with Gasteiger partial charge in [0.2, 0.25) is 11.8 Å². The van der Waals surface area contributed by atoms with E-state index >= 15 is 0 Å². The molecule has 8 heteroatoms. The number of ether oxygens (including phenoxy) is 4. The van der Waals surface area contributed by atoms with Crippen LogP contribution in [0.5, 0.6) is 23.3 Å². The van der Waals surface area contributed by atoms with Crippen molar-refractivity contribution in [1.82, 2.24) is 9.88 Å². The largest absolute Gasteiger partial charge is 0.486 e. The molecular weight excluding hydrogens is 468 g/mol. The highest BCUT2D eigenvalue weighted by Gasteiger charge is 2.29. The molecular formula is C27H27ClN2O5. The number of hydrogen-bond donors (Lipinski definition) is 1. The molecule has 0 saturated carbocycles. The summed E-state index contributed by atoms with van der Waals surface area (Å²) in [5.74, 6) is 2.44. The molecule has 3 aliphatic rings. The minimum absolute atomic E-state index is 0.145. The predicted molar refractivity (Wildman–Crippen MR) is 132 cm³/mol. The second-order valence-corrected chi connectivity index (χ2v) is 9.58. The quantitative estimate of drug-likeness (QED) is 0.543. The summed E-state index contributed by atoms with van der Waals surface area (Å²) in [5, 5.41) is 10.0. The van der Waals surface area contributed by atoms with Crippen LogP contribution in [0.4, 0.5) is 0 Å². The minimum atomic E-state index is -0.262. The topological polar surface area (TPSA) is 73.3 Å². The lowest BCUT2D eigenvalue weighted by Gasteiger charge is -2.35. The van der Waals surface area contributed by atoms with Gasteiger partial charge in [0.15, 0.2) is 11.5 Å². The molecule has 6 rings (SSSR count). The Labute approximate surface area is 209 Å². The first-order valence-corrected chi connectivity index (χ1v) is 12.3. The van der Waals surface area contributed by atoms with Gasteiger partial charge in [0.05, 0.1) is 13.2 Å². The van der Waals surface area contributed by atoms with Gasteiger partial charge in [-0.15, -0.1) is 0 Å². The third-order valence-corrected chi connectivity index (χ3v) is 7.10. The smallest absolute Gasteiger partial charge is 0.236 e. The number of aliphatic hydroxyl groups excluding tert-OH is 1. The number of aromatic nitrogens is 1. The van der Waals surface area contributed by atoms with Crippen LogP contribution < -0.4 is 18.9 Å². The van der Waals surface area contributed by atoms with Crippen molar-refractivity contribution in [3.05, 3.63) is 64.2 Å². The number of aliphatic hydroxyl groups is 1. The van der Waals surface area contributed by atoms with Gasteiger partial charge in [-0.3, -0.25) is 4.90 Å². The van der Waals surface area contributed by atoms with Crippen LogP contribution in [0, 0.1) is 0 Å². The summed E-state index contributed by atoms with van der Waals surface area (Å²) in [6.45, 7) is 3.05. The Hall–Kier alpha value is -3.00. The maximum absolute atomic E-state index is 9.56. The third-order valence-electron chi connectivity index (χ3n) is 6.83. The molecule has 3 aromatic rings. The molecule has 1 aliphatic carbocycles. The number of rotatable bonds is 6. The predicted octanol–water partition coefficient (Wildman–Crippen LogP) is 4.42. The van der Waals surface area contributed by atoms with Crippen LogP contribution in [0.25, 0.3) is 11.1 Å². The lowest BCUT2D eigenvalue weighted by molar-refractivity contribution is -0.00334. The molecule has 1 aromatic heterocycles. The highest BCUT2D eigenvalue weighted by Crippen LogP contribution is 2.43. The Morgan fingerprint density at radius 2 is 1.91 bits per heavy atom. The zero-order valence-electron chi connectivity index (χ0n) is 19.5. The first-order chi connectivity index (χ1) is 17.1. The molecule has 0 radical (unpaired) electrons. The number of hydrogen-bond acceptors (Lipinski definition) is 7. The maximum atomic E-state index is 9.56. The molecule has 0 unspecified atom stereocenters. The fourth-order valence-electron chi connectivity index (χ4n) is 5.13. The van der Waals surface area contributed by atoms with Gasteiger partial charge in [-0.25, -0.2) is 0 Å². The fraction of sp³-hybridized carbons (Fsp3) is 0.370. The Bertz CT molecular complexity index is 1260. The van der Waals surface area contributed by atoms with E-state index in [9.17, 15) is 5.11 Å². The second kappa shape index (κ2) is 9.22. The Balaban J connectivity index is 1.25. The normalized spacial score (nSPS) is 19.2. The molecule has 0 amide bonds. The van der Waals surface area contributed by atoms with Gasteiger partial charge in [-0.05, 0) is 53.3 Å². The van der Waals surface area contributed by atoms with E-state index in [0.717, 1.165) is 41.0 Å². The lowest BCUT2D eigenvalue weighted by Crippen LogP contribution is -2.49. The van der Waals surface area contributed by atoms with Crippen LogP contribution in [0.15, 0.2) is 42.5 Å². The van der Waals surface area contributed by atoms with Crippen molar-refractivity contribution < 1.29 is 24.1 Å². The number of pyridine rings is 1. The number of methoxy groups -OCH3 is 1. The van der Waals surface area contributed by atoms with E-state index in [-0.39, 0.29) is 12.2 Å². The van der Waals surface area contributed by atoms with Crippen LogP contribution >= 0.6 is 11.6 Å². The van der Waals surface area contributed by atoms with Crippen molar-refractivity contribution in [3.8, 4) is 34.4 Å². The van der Waals surface area contributed by atoms with Gasteiger partial charge in [-0.2, -0.15) is 4.98 Å². The molecule has 1 saturated heterocycles. The highest BCUT2D eigenvalue weighted by molar-refractivity contribution is 6.31. The Morgan fingerprint density at radius 1 is 1.09 bits per heavy atom. The summed E-state index contributed by atoms with van der Waals surface area (Å²) in [4.78, 5) is 6.71. The van der Waals surface area contributed by atoms with Gasteiger partial charge in [0.1, 0.15) is 24.3 Å². The van der Waals surface area contributed by atoms with Crippen LogP contribution in [-0.2, 0) is 13.0 Å². The molecule has 1 fully saturated rings. The SMILES string of the molecule is COc1nc(O[C@H]2CCc3c(-c4ccc5c(c4)OCCO5)cccc32)c(Cl)cc1CN1CC(O)C1. The monoisotopic (exact) mass is 494 g/mol. The molecule has 7 nitrogen and oxygen atoms in total. The van der Waals surface area contributed by atoms with Crippen molar-refractivity contribution >= 4 is 11.6 Å². The van der Waals surface area contributed by atoms with Crippen molar-refractivity contribution in [2.75, 3.05) is 33.4 Å². The van der Waals surface area contributed by atoms with Crippen LogP contribution in [0.3, 0.4) is 0 Å². The van der Waals surface area contributed by atoms with E-state index in [1.54, 1.807) is 7.11 Å². The van der Waals surface area contributed by atoms with E-state index in [1.165, 1.54) is 11.1 Å². The fourth-order valence-corrected chi connectivity index (χ4v) is 5.35. The summed E-state index contributed by atoms with van der Waals surface area (Å²) in [7, 11) is 1.60. The van der Waals surface area contributed by atoms with Crippen molar-refractivity contribution in [3.63, 3.8) is 0 Å². The molecule has 0 bridgehead atoms. The molecule has 2 aromatic carbocycles. The zero-order chi connectivity index (χ0) is 23.9. The summed E-state index contributed by atoms with van der Waals surface area (Å²) in [5.41, 5.74) is 5.57. The first kappa shape index (κ1) is 22.5. The number of nitrogens with zero attached hydrogens (tertiary/aromatic N) is 2. The molecule has 2 aliphatic heterocycles. The molecule has 1 atom stereocenters. The van der Waals surface area contributed by atoms with Crippen LogP contribution in [-0.4, -0.2) is 54.5 Å². The number of halogens is 1. The summed E-state index contributed by atoms with van der Waals surface area (Å²) >= 11 is 6.60. The Morgan fingerprint density at radius 3 is 2.71 bits per heavy atom. The molecule has 35 heavy (non-hydrogen) atoms. The van der Waals surface area contributed by atoms with Gasteiger partial charge in [0.25, 0.3) is 0 Å². The van der Waals surface area contributed by atoms with E-state index in [4.69, 9.17) is 30.5 Å². The van der Waals surface area contributed by atoms with Gasteiger partial charge in [-0.1, -0.05) is 35.9 Å². The number of benzene rings is 2. The van der Waals surface area contributed by atoms with Gasteiger partial charge >= 0.3 is 0 Å². The van der Waals surface area contributed by atoms with Crippen LogP contribution in [0.1, 0.15) is 29.2 Å². The molecule has 182 valence electrons. The molecule has 3 heterocycles. The van der Waals surface area contributed by atoms with Gasteiger partial charge < -0.3 is 24.1 Å². The molecule has 0 spiro atoms. The van der Waals surface area contributed by atoms with E-state index in [0.29, 0.717) is 49.6 Å². The summed E-state index contributed by atoms with van der Waals surface area (Å²) in [6, 6.07) is 14.3. The van der Waals surface area contributed by atoms with E-state index in [1.807, 2.05) is 12.1 Å². The van der Waals surface area contributed by atoms with Crippen molar-refractivity contribution in [2.24, 2.45) is 0 Å². The standard InChI is InChI=1S/C27H27ClN2O5/c1-32-26-17(13-30-14-18(31)15-30)11-22(28)27(29-26)35-23-8-6-20-19(3-2-4-21(20)23)16-5-7-24-25(12-16)34-10-9-33-24/h2-5,7,11-12,18,23,31H,6,8-10,13-15H2,1H3/t23-/m0/s1. The van der Waals surface area contributed by atoms with Crippen LogP contribution in [0.2, 0.25) is 5.02 Å². The first-order valence-electron chi connectivity index (χ1n) is 11.9. The van der Waals surface area contributed by atoms with Crippen molar-refractivity contribution in [1.29, 1.82) is 0 Å². The van der Waals surface area contributed by atoms with E-state index in [2.05, 4.69) is 40.2 Å². The number of likely N-dealkylation sites (tertiary alicyclic amines) is 1. The summed E-state index contributed by atoms with van der Waals surface area (Å²) in [6.07, 6.45) is 1.33.